The predicted molar refractivity (Wildman–Crippen MR) is 126 cm³/mol. The van der Waals surface area contributed by atoms with Gasteiger partial charge in [0.05, 0.1) is 23.5 Å². The summed E-state index contributed by atoms with van der Waals surface area (Å²) >= 11 is 1.45. The first-order valence-corrected chi connectivity index (χ1v) is 11.4. The minimum atomic E-state index is -0.554. The van der Waals surface area contributed by atoms with Crippen molar-refractivity contribution in [2.24, 2.45) is 5.92 Å². The molecule has 33 heavy (non-hydrogen) atoms. The first-order chi connectivity index (χ1) is 16.0. The van der Waals surface area contributed by atoms with Gasteiger partial charge in [-0.3, -0.25) is 24.8 Å². The van der Waals surface area contributed by atoms with Crippen molar-refractivity contribution < 1.29 is 9.59 Å². The average Bonchev–Trinajstić information content (AvgIpc) is 3.36. The number of thiophene rings is 1. The lowest BCUT2D eigenvalue weighted by Gasteiger charge is -2.16. The van der Waals surface area contributed by atoms with Crippen LogP contribution in [-0.2, 0) is 16.1 Å². The molecule has 8 nitrogen and oxygen atoms in total. The molecule has 0 bridgehead atoms. The van der Waals surface area contributed by atoms with Gasteiger partial charge in [-0.2, -0.15) is 0 Å². The van der Waals surface area contributed by atoms with Gasteiger partial charge < -0.3 is 4.90 Å². The second-order valence-corrected chi connectivity index (χ2v) is 9.17. The van der Waals surface area contributed by atoms with Gasteiger partial charge in [0.25, 0.3) is 5.56 Å². The van der Waals surface area contributed by atoms with E-state index in [1.165, 1.54) is 17.7 Å². The van der Waals surface area contributed by atoms with Crippen LogP contribution in [0.15, 0.2) is 65.8 Å². The van der Waals surface area contributed by atoms with E-state index >= 15 is 0 Å². The quantitative estimate of drug-likeness (QED) is 0.495. The number of rotatable bonds is 5. The summed E-state index contributed by atoms with van der Waals surface area (Å²) in [5, 5.41) is 0.478. The molecule has 0 saturated carbocycles. The fourth-order valence-corrected chi connectivity index (χ4v) is 5.14. The number of aromatic nitrogens is 3. The maximum atomic E-state index is 13.3. The summed E-state index contributed by atoms with van der Waals surface area (Å²) in [5.74, 6) is -1.05. The van der Waals surface area contributed by atoms with Crippen LogP contribution in [0.25, 0.3) is 21.3 Å². The van der Waals surface area contributed by atoms with Crippen LogP contribution in [0.3, 0.4) is 0 Å². The number of likely N-dealkylation sites (tertiary alicyclic amines) is 1. The Balaban J connectivity index is 1.38. The summed E-state index contributed by atoms with van der Waals surface area (Å²) in [6, 6.07) is 15.2. The minimum Gasteiger partial charge on any atom is -0.336 e. The molecule has 166 valence electrons. The maximum Gasteiger partial charge on any atom is 0.281 e. The molecule has 1 fully saturated rings. The van der Waals surface area contributed by atoms with Gasteiger partial charge in [0, 0.05) is 29.6 Å². The van der Waals surface area contributed by atoms with Crippen molar-refractivity contribution in [3.63, 3.8) is 0 Å². The van der Waals surface area contributed by atoms with Gasteiger partial charge in [0.2, 0.25) is 11.8 Å². The molecule has 1 aliphatic heterocycles. The number of nitrogens with one attached hydrogen (secondary N) is 1. The Morgan fingerprint density at radius 1 is 1.12 bits per heavy atom. The third-order valence-electron chi connectivity index (χ3n) is 5.75. The predicted octanol–water partition coefficient (Wildman–Crippen LogP) is 2.95. The highest BCUT2D eigenvalue weighted by molar-refractivity contribution is 7.19. The Kier molecular flexibility index (Phi) is 5.47. The SMILES string of the molecule is Cc1sc2ncn(NC(=O)C3CC(=O)N(Cc4ccccn4)C3)c(=O)c2c1-c1ccccc1. The van der Waals surface area contributed by atoms with E-state index in [9.17, 15) is 14.4 Å². The molecule has 3 aromatic heterocycles. The van der Waals surface area contributed by atoms with Gasteiger partial charge in [-0.25, -0.2) is 9.66 Å². The van der Waals surface area contributed by atoms with Crippen LogP contribution in [0, 0.1) is 12.8 Å². The lowest BCUT2D eigenvalue weighted by atomic mass is 10.0. The fraction of sp³-hybridized carbons (Fsp3) is 0.208. The van der Waals surface area contributed by atoms with Crippen molar-refractivity contribution in [2.75, 3.05) is 12.0 Å². The Hall–Kier alpha value is -3.85. The first kappa shape index (κ1) is 21.0. The maximum absolute atomic E-state index is 13.3. The van der Waals surface area contributed by atoms with E-state index in [0.29, 0.717) is 16.8 Å². The normalized spacial score (nSPS) is 15.8. The van der Waals surface area contributed by atoms with Crippen molar-refractivity contribution in [1.29, 1.82) is 0 Å². The molecule has 9 heteroatoms. The molecular weight excluding hydrogens is 438 g/mol. The molecule has 4 aromatic rings. The van der Waals surface area contributed by atoms with Gasteiger partial charge >= 0.3 is 0 Å². The molecule has 0 aliphatic carbocycles. The number of pyridine rings is 1. The fourth-order valence-electron chi connectivity index (χ4n) is 4.13. The number of nitrogens with zero attached hydrogens (tertiary/aromatic N) is 4. The summed E-state index contributed by atoms with van der Waals surface area (Å²) in [7, 11) is 0. The largest absolute Gasteiger partial charge is 0.336 e. The zero-order valence-electron chi connectivity index (χ0n) is 17.9. The standard InChI is InChI=1S/C24H21N5O3S/c1-15-20(16-7-3-2-4-8-16)21-23(33-15)26-14-29(24(21)32)27-22(31)17-11-19(30)28(12-17)13-18-9-5-6-10-25-18/h2-10,14,17H,11-13H2,1H3,(H,27,31). The van der Waals surface area contributed by atoms with Gasteiger partial charge in [0.1, 0.15) is 11.2 Å². The second-order valence-electron chi connectivity index (χ2n) is 7.97. The molecule has 1 atom stereocenters. The van der Waals surface area contributed by atoms with E-state index in [-0.39, 0.29) is 30.3 Å². The highest BCUT2D eigenvalue weighted by atomic mass is 32.1. The number of carbonyl (C=O) groups excluding carboxylic acids is 2. The monoisotopic (exact) mass is 459 g/mol. The summed E-state index contributed by atoms with van der Waals surface area (Å²) in [4.78, 5) is 50.5. The second kappa shape index (κ2) is 8.59. The van der Waals surface area contributed by atoms with Crippen LogP contribution in [0.4, 0.5) is 0 Å². The number of aryl methyl sites for hydroxylation is 1. The molecule has 1 aliphatic rings. The van der Waals surface area contributed by atoms with Crippen LogP contribution in [0.2, 0.25) is 0 Å². The van der Waals surface area contributed by atoms with E-state index in [0.717, 1.165) is 26.4 Å². The highest BCUT2D eigenvalue weighted by Crippen LogP contribution is 2.35. The number of benzene rings is 1. The van der Waals surface area contributed by atoms with Crippen molar-refractivity contribution >= 4 is 33.4 Å². The van der Waals surface area contributed by atoms with E-state index in [4.69, 9.17) is 0 Å². The Morgan fingerprint density at radius 2 is 1.91 bits per heavy atom. The molecule has 1 N–H and O–H groups in total. The van der Waals surface area contributed by atoms with Crippen LogP contribution in [0.1, 0.15) is 17.0 Å². The molecule has 2 amide bonds. The molecular formula is C24H21N5O3S. The Labute approximate surface area is 193 Å². The average molecular weight is 460 g/mol. The molecule has 4 heterocycles. The van der Waals surface area contributed by atoms with Crippen LogP contribution < -0.4 is 11.0 Å². The van der Waals surface area contributed by atoms with Crippen molar-refractivity contribution in [1.82, 2.24) is 19.5 Å². The summed E-state index contributed by atoms with van der Waals surface area (Å²) in [6.07, 6.45) is 3.09. The van der Waals surface area contributed by atoms with Crippen molar-refractivity contribution in [3.05, 3.63) is 82.0 Å². The molecule has 0 radical (unpaired) electrons. The summed E-state index contributed by atoms with van der Waals surface area (Å²) in [6.45, 7) is 2.58. The first-order valence-electron chi connectivity index (χ1n) is 10.6. The molecule has 5 rings (SSSR count). The molecule has 0 spiro atoms. The van der Waals surface area contributed by atoms with E-state index in [1.54, 1.807) is 11.1 Å². The lowest BCUT2D eigenvalue weighted by molar-refractivity contribution is -0.128. The smallest absolute Gasteiger partial charge is 0.281 e. The van der Waals surface area contributed by atoms with Crippen LogP contribution >= 0.6 is 11.3 Å². The van der Waals surface area contributed by atoms with E-state index in [1.807, 2.05) is 55.5 Å². The number of amides is 2. The van der Waals surface area contributed by atoms with Gasteiger partial charge in [-0.05, 0) is 24.6 Å². The Morgan fingerprint density at radius 3 is 2.67 bits per heavy atom. The molecule has 1 aromatic carbocycles. The van der Waals surface area contributed by atoms with Gasteiger partial charge in [-0.1, -0.05) is 36.4 Å². The van der Waals surface area contributed by atoms with Gasteiger partial charge in [0.15, 0.2) is 0 Å². The summed E-state index contributed by atoms with van der Waals surface area (Å²) < 4.78 is 1.12. The Bertz CT molecular complexity index is 1400. The highest BCUT2D eigenvalue weighted by Gasteiger charge is 2.34. The van der Waals surface area contributed by atoms with E-state index < -0.39 is 5.92 Å². The zero-order valence-corrected chi connectivity index (χ0v) is 18.7. The van der Waals surface area contributed by atoms with Crippen LogP contribution in [0.5, 0.6) is 0 Å². The van der Waals surface area contributed by atoms with Crippen LogP contribution in [-0.4, -0.2) is 37.9 Å². The van der Waals surface area contributed by atoms with E-state index in [2.05, 4.69) is 15.4 Å². The number of fused-ring (bicyclic) bond motifs is 1. The molecule has 1 saturated heterocycles. The van der Waals surface area contributed by atoms with Crippen molar-refractivity contribution in [2.45, 2.75) is 19.9 Å². The van der Waals surface area contributed by atoms with Crippen molar-refractivity contribution in [3.8, 4) is 11.1 Å². The third-order valence-corrected chi connectivity index (χ3v) is 6.76. The molecule has 1 unspecified atom stereocenters. The number of hydrogen-bond acceptors (Lipinski definition) is 6. The third kappa shape index (κ3) is 4.03. The summed E-state index contributed by atoms with van der Waals surface area (Å²) in [5.41, 5.74) is 4.83. The van der Waals surface area contributed by atoms with Gasteiger partial charge in [-0.15, -0.1) is 11.3 Å². The minimum absolute atomic E-state index is 0.0932. The number of hydrogen-bond donors (Lipinski definition) is 1. The number of carbonyl (C=O) groups is 2. The topological polar surface area (TPSA) is 97.2 Å². The lowest BCUT2D eigenvalue weighted by Crippen LogP contribution is -2.37. The zero-order chi connectivity index (χ0) is 22.9.